The van der Waals surface area contributed by atoms with Crippen LogP contribution < -0.4 is 11.1 Å². The zero-order chi connectivity index (χ0) is 12.3. The highest BCUT2D eigenvalue weighted by molar-refractivity contribution is 9.10. The van der Waals surface area contributed by atoms with Crippen LogP contribution in [0.1, 0.15) is 5.56 Å². The number of nitriles is 1. The van der Waals surface area contributed by atoms with Gasteiger partial charge in [0.05, 0.1) is 11.3 Å². The third-order valence-corrected chi connectivity index (χ3v) is 2.98. The monoisotopic (exact) mass is 287 g/mol. The van der Waals surface area contributed by atoms with Gasteiger partial charge in [0.2, 0.25) is 0 Å². The molecule has 0 aliphatic carbocycles. The van der Waals surface area contributed by atoms with E-state index in [1.54, 1.807) is 0 Å². The lowest BCUT2D eigenvalue weighted by Gasteiger charge is -2.09. The third kappa shape index (κ3) is 2.58. The van der Waals surface area contributed by atoms with Crippen molar-refractivity contribution in [3.63, 3.8) is 0 Å². The van der Waals surface area contributed by atoms with Crippen LogP contribution in [0.2, 0.25) is 0 Å². The zero-order valence-corrected chi connectivity index (χ0v) is 10.5. The van der Waals surface area contributed by atoms with E-state index in [-0.39, 0.29) is 0 Å². The van der Waals surface area contributed by atoms with Crippen molar-refractivity contribution in [1.29, 1.82) is 5.26 Å². The molecule has 0 aliphatic rings. The lowest BCUT2D eigenvalue weighted by Crippen LogP contribution is -1.94. The first kappa shape index (κ1) is 11.5. The highest BCUT2D eigenvalue weighted by atomic mass is 79.9. The lowest BCUT2D eigenvalue weighted by molar-refractivity contribution is 1.44. The first-order valence-electron chi connectivity index (χ1n) is 5.02. The van der Waals surface area contributed by atoms with E-state index in [4.69, 9.17) is 11.0 Å². The largest absolute Gasteiger partial charge is 0.399 e. The van der Waals surface area contributed by atoms with E-state index in [0.29, 0.717) is 11.3 Å². The molecule has 0 aromatic heterocycles. The minimum absolute atomic E-state index is 0.587. The Labute approximate surface area is 108 Å². The molecule has 0 amide bonds. The molecule has 0 aliphatic heterocycles. The molecule has 0 unspecified atom stereocenters. The van der Waals surface area contributed by atoms with E-state index in [2.05, 4.69) is 27.3 Å². The maximum atomic E-state index is 9.08. The average molecular weight is 288 g/mol. The summed E-state index contributed by atoms with van der Waals surface area (Å²) in [6, 6.07) is 15.1. The molecule has 2 rings (SSSR count). The van der Waals surface area contributed by atoms with Crippen LogP contribution in [0.5, 0.6) is 0 Å². The number of nitrogens with zero attached hydrogens (tertiary/aromatic N) is 1. The summed E-state index contributed by atoms with van der Waals surface area (Å²) in [6.45, 7) is 0. The molecule has 4 heteroatoms. The number of anilines is 3. The van der Waals surface area contributed by atoms with Crippen molar-refractivity contribution in [1.82, 2.24) is 0 Å². The Hall–Kier alpha value is -1.99. The molecule has 0 heterocycles. The number of rotatable bonds is 2. The minimum atomic E-state index is 0.587. The SMILES string of the molecule is N#Cc1c(Br)cccc1Nc1ccc(N)cc1. The van der Waals surface area contributed by atoms with Gasteiger partial charge in [0.15, 0.2) is 0 Å². The molecular formula is C13H10BrN3. The fraction of sp³-hybridized carbons (Fsp3) is 0. The molecular weight excluding hydrogens is 278 g/mol. The number of nitrogens with one attached hydrogen (secondary N) is 1. The Morgan fingerprint density at radius 3 is 2.47 bits per heavy atom. The summed E-state index contributed by atoms with van der Waals surface area (Å²) in [6.07, 6.45) is 0. The van der Waals surface area contributed by atoms with Gasteiger partial charge in [-0.15, -0.1) is 0 Å². The van der Waals surface area contributed by atoms with Crippen molar-refractivity contribution in [3.05, 3.63) is 52.5 Å². The Bertz CT molecular complexity index is 570. The molecule has 0 saturated heterocycles. The summed E-state index contributed by atoms with van der Waals surface area (Å²) in [7, 11) is 0. The van der Waals surface area contributed by atoms with Crippen molar-refractivity contribution in [2.75, 3.05) is 11.1 Å². The molecule has 0 bridgehead atoms. The third-order valence-electron chi connectivity index (χ3n) is 2.32. The molecule has 3 nitrogen and oxygen atoms in total. The van der Waals surface area contributed by atoms with Gasteiger partial charge < -0.3 is 11.1 Å². The van der Waals surface area contributed by atoms with Crippen LogP contribution in [0.25, 0.3) is 0 Å². The molecule has 0 radical (unpaired) electrons. The average Bonchev–Trinajstić information content (AvgIpc) is 2.32. The van der Waals surface area contributed by atoms with Gasteiger partial charge in [-0.2, -0.15) is 5.26 Å². The Kier molecular flexibility index (Phi) is 3.31. The Morgan fingerprint density at radius 2 is 1.82 bits per heavy atom. The second-order valence-electron chi connectivity index (χ2n) is 3.52. The van der Waals surface area contributed by atoms with Crippen LogP contribution in [0.15, 0.2) is 46.9 Å². The number of halogens is 1. The maximum Gasteiger partial charge on any atom is 0.103 e. The van der Waals surface area contributed by atoms with Gasteiger partial charge in [-0.1, -0.05) is 6.07 Å². The highest BCUT2D eigenvalue weighted by Crippen LogP contribution is 2.26. The Balaban J connectivity index is 2.34. The zero-order valence-electron chi connectivity index (χ0n) is 8.94. The number of benzene rings is 2. The molecule has 0 saturated carbocycles. The predicted octanol–water partition coefficient (Wildman–Crippen LogP) is 3.65. The molecule has 0 spiro atoms. The van der Waals surface area contributed by atoms with Gasteiger partial charge in [0.1, 0.15) is 6.07 Å². The molecule has 0 atom stereocenters. The summed E-state index contributed by atoms with van der Waals surface area (Å²) in [5.41, 5.74) is 8.58. The fourth-order valence-corrected chi connectivity index (χ4v) is 1.92. The number of nitrogens with two attached hydrogens (primary N) is 1. The van der Waals surface area contributed by atoms with Crippen molar-refractivity contribution >= 4 is 33.0 Å². The van der Waals surface area contributed by atoms with Crippen molar-refractivity contribution in [2.45, 2.75) is 0 Å². The number of nitrogen functional groups attached to an aromatic ring is 1. The molecule has 2 aromatic rings. The number of hydrogen-bond acceptors (Lipinski definition) is 3. The summed E-state index contributed by atoms with van der Waals surface area (Å²) in [5, 5.41) is 12.3. The van der Waals surface area contributed by atoms with Crippen LogP contribution in [-0.2, 0) is 0 Å². The topological polar surface area (TPSA) is 61.8 Å². The van der Waals surface area contributed by atoms with Crippen LogP contribution in [-0.4, -0.2) is 0 Å². The van der Waals surface area contributed by atoms with E-state index in [0.717, 1.165) is 15.8 Å². The molecule has 3 N–H and O–H groups in total. The van der Waals surface area contributed by atoms with E-state index in [1.165, 1.54) is 0 Å². The van der Waals surface area contributed by atoms with Crippen molar-refractivity contribution in [3.8, 4) is 6.07 Å². The molecule has 2 aromatic carbocycles. The van der Waals surface area contributed by atoms with E-state index >= 15 is 0 Å². The minimum Gasteiger partial charge on any atom is -0.399 e. The van der Waals surface area contributed by atoms with Gasteiger partial charge in [-0.3, -0.25) is 0 Å². The second-order valence-corrected chi connectivity index (χ2v) is 4.38. The molecule has 84 valence electrons. The summed E-state index contributed by atoms with van der Waals surface area (Å²) < 4.78 is 0.778. The molecule has 0 fully saturated rings. The van der Waals surface area contributed by atoms with Crippen LogP contribution in [0.3, 0.4) is 0 Å². The highest BCUT2D eigenvalue weighted by Gasteiger charge is 2.05. The number of hydrogen-bond donors (Lipinski definition) is 2. The first-order valence-corrected chi connectivity index (χ1v) is 5.81. The molecule has 17 heavy (non-hydrogen) atoms. The van der Waals surface area contributed by atoms with E-state index < -0.39 is 0 Å². The van der Waals surface area contributed by atoms with Crippen LogP contribution in [0, 0.1) is 11.3 Å². The first-order chi connectivity index (χ1) is 8.20. The summed E-state index contributed by atoms with van der Waals surface area (Å²) in [4.78, 5) is 0. The smallest absolute Gasteiger partial charge is 0.103 e. The van der Waals surface area contributed by atoms with Gasteiger partial charge >= 0.3 is 0 Å². The van der Waals surface area contributed by atoms with Gasteiger partial charge in [-0.25, -0.2) is 0 Å². The summed E-state index contributed by atoms with van der Waals surface area (Å²) in [5.74, 6) is 0. The predicted molar refractivity (Wildman–Crippen MR) is 73.0 cm³/mol. The van der Waals surface area contributed by atoms with Crippen LogP contribution >= 0.6 is 15.9 Å². The van der Waals surface area contributed by atoms with Crippen molar-refractivity contribution in [2.24, 2.45) is 0 Å². The van der Waals surface area contributed by atoms with Crippen molar-refractivity contribution < 1.29 is 0 Å². The lowest BCUT2D eigenvalue weighted by atomic mass is 10.2. The maximum absolute atomic E-state index is 9.08. The fourth-order valence-electron chi connectivity index (χ4n) is 1.46. The normalized spacial score (nSPS) is 9.65. The van der Waals surface area contributed by atoms with E-state index in [9.17, 15) is 0 Å². The quantitative estimate of drug-likeness (QED) is 0.829. The Morgan fingerprint density at radius 1 is 1.12 bits per heavy atom. The van der Waals surface area contributed by atoms with Gasteiger partial charge in [-0.05, 0) is 52.3 Å². The van der Waals surface area contributed by atoms with Gasteiger partial charge in [0.25, 0.3) is 0 Å². The standard InChI is InChI=1S/C13H10BrN3/c14-12-2-1-3-13(11(12)8-15)17-10-6-4-9(16)5-7-10/h1-7,17H,16H2. The second kappa shape index (κ2) is 4.89. The summed E-state index contributed by atoms with van der Waals surface area (Å²) >= 11 is 3.35. The van der Waals surface area contributed by atoms with E-state index in [1.807, 2.05) is 42.5 Å². The van der Waals surface area contributed by atoms with Gasteiger partial charge in [0, 0.05) is 15.8 Å². The van der Waals surface area contributed by atoms with Crippen LogP contribution in [0.4, 0.5) is 17.1 Å².